The van der Waals surface area contributed by atoms with E-state index in [1.807, 2.05) is 49.1 Å². The molecule has 0 spiro atoms. The number of carbonyl (C=O) groups excluding carboxylic acids is 2. The lowest BCUT2D eigenvalue weighted by molar-refractivity contribution is -0.164. The molecule has 1 aromatic heterocycles. The molecule has 0 unspecified atom stereocenters. The highest BCUT2D eigenvalue weighted by Gasteiger charge is 2.41. The van der Waals surface area contributed by atoms with E-state index in [0.717, 1.165) is 18.4 Å². The second kappa shape index (κ2) is 11.4. The molecular formula is C28H36F3N5O2. The number of piperidine rings is 2. The number of rotatable bonds is 6. The first kappa shape index (κ1) is 28.0. The third kappa shape index (κ3) is 6.51. The van der Waals surface area contributed by atoms with Crippen molar-refractivity contribution in [1.82, 2.24) is 24.7 Å². The molecule has 7 nitrogen and oxygen atoms in total. The number of hydrogen-bond acceptors (Lipinski definition) is 5. The summed E-state index contributed by atoms with van der Waals surface area (Å²) in [5, 5.41) is 0. The zero-order chi connectivity index (χ0) is 27.5. The summed E-state index contributed by atoms with van der Waals surface area (Å²) in [6.07, 6.45) is -1.66. The first-order valence-electron chi connectivity index (χ1n) is 13.2. The molecule has 2 aliphatic rings. The molecule has 2 fully saturated rings. The van der Waals surface area contributed by atoms with Crippen LogP contribution in [0.2, 0.25) is 0 Å². The maximum Gasteiger partial charge on any atom is 0.397 e. The lowest BCUT2D eigenvalue weighted by Crippen LogP contribution is -2.58. The molecule has 0 bridgehead atoms. The van der Waals surface area contributed by atoms with Gasteiger partial charge in [-0.3, -0.25) is 14.5 Å². The van der Waals surface area contributed by atoms with Gasteiger partial charge in [-0.15, -0.1) is 0 Å². The number of aryl methyl sites for hydroxylation is 2. The average molecular weight is 532 g/mol. The first-order valence-corrected chi connectivity index (χ1v) is 13.2. The van der Waals surface area contributed by atoms with Crippen LogP contribution in [0.5, 0.6) is 0 Å². The molecule has 0 aliphatic carbocycles. The lowest BCUT2D eigenvalue weighted by atomic mass is 9.85. The zero-order valence-corrected chi connectivity index (χ0v) is 22.3. The minimum absolute atomic E-state index is 0.0407. The number of nitrogens with zero attached hydrogens (tertiary/aromatic N) is 5. The number of aromatic nitrogens is 2. The molecule has 38 heavy (non-hydrogen) atoms. The van der Waals surface area contributed by atoms with Crippen LogP contribution in [0.4, 0.5) is 13.2 Å². The normalized spacial score (nSPS) is 18.8. The summed E-state index contributed by atoms with van der Waals surface area (Å²) in [6, 6.07) is 8.94. The number of amides is 2. The predicted octanol–water partition coefficient (Wildman–Crippen LogP) is 4.53. The van der Waals surface area contributed by atoms with E-state index in [2.05, 4.69) is 21.8 Å². The predicted molar refractivity (Wildman–Crippen MR) is 137 cm³/mol. The molecule has 4 rings (SSSR count). The van der Waals surface area contributed by atoms with Crippen molar-refractivity contribution in [2.75, 3.05) is 26.2 Å². The fourth-order valence-electron chi connectivity index (χ4n) is 5.76. The zero-order valence-electron chi connectivity index (χ0n) is 22.3. The fourth-order valence-corrected chi connectivity index (χ4v) is 5.76. The fraction of sp³-hybridized carbons (Fsp3) is 0.571. The molecule has 2 aromatic rings. The summed E-state index contributed by atoms with van der Waals surface area (Å²) < 4.78 is 39.2. The summed E-state index contributed by atoms with van der Waals surface area (Å²) in [7, 11) is 0. The van der Waals surface area contributed by atoms with Crippen molar-refractivity contribution in [2.24, 2.45) is 0 Å². The summed E-state index contributed by atoms with van der Waals surface area (Å²) in [6.45, 7) is 8.65. The topological polar surface area (TPSA) is 69.6 Å². The molecule has 1 aromatic carbocycles. The third-order valence-electron chi connectivity index (χ3n) is 8.10. The van der Waals surface area contributed by atoms with Crippen LogP contribution in [0, 0.1) is 13.8 Å². The van der Waals surface area contributed by atoms with Crippen LogP contribution >= 0.6 is 0 Å². The van der Waals surface area contributed by atoms with Gasteiger partial charge in [0.25, 0.3) is 5.91 Å². The van der Waals surface area contributed by atoms with Gasteiger partial charge >= 0.3 is 6.18 Å². The Kier molecular flexibility index (Phi) is 8.40. The Morgan fingerprint density at radius 2 is 1.58 bits per heavy atom. The monoisotopic (exact) mass is 531 g/mol. The van der Waals surface area contributed by atoms with Gasteiger partial charge in [-0.05, 0) is 52.0 Å². The number of benzene rings is 1. The van der Waals surface area contributed by atoms with Crippen molar-refractivity contribution in [3.05, 3.63) is 59.2 Å². The maximum atomic E-state index is 13.2. The Bertz CT molecular complexity index is 1100. The second-order valence-electron chi connectivity index (χ2n) is 10.7. The average Bonchev–Trinajstić information content (AvgIpc) is 2.87. The van der Waals surface area contributed by atoms with Crippen LogP contribution in [0.3, 0.4) is 0 Å². The van der Waals surface area contributed by atoms with Gasteiger partial charge < -0.3 is 9.80 Å². The molecule has 206 valence electrons. The Morgan fingerprint density at radius 1 is 1.00 bits per heavy atom. The van der Waals surface area contributed by atoms with E-state index in [9.17, 15) is 22.8 Å². The van der Waals surface area contributed by atoms with Gasteiger partial charge in [0, 0.05) is 44.3 Å². The first-order chi connectivity index (χ1) is 18.0. The molecule has 2 aliphatic heterocycles. The highest BCUT2D eigenvalue weighted by molar-refractivity contribution is 5.96. The van der Waals surface area contributed by atoms with E-state index in [-0.39, 0.29) is 24.0 Å². The summed E-state index contributed by atoms with van der Waals surface area (Å²) in [5.74, 6) is -0.908. The minimum Gasteiger partial charge on any atom is -0.338 e. The van der Waals surface area contributed by atoms with Gasteiger partial charge in [-0.1, -0.05) is 30.3 Å². The Labute approximate surface area is 222 Å². The molecule has 3 heterocycles. The lowest BCUT2D eigenvalue weighted by Gasteiger charge is -2.50. The minimum atomic E-state index is -4.53. The van der Waals surface area contributed by atoms with Gasteiger partial charge in [0.1, 0.15) is 12.7 Å². The quantitative estimate of drug-likeness (QED) is 0.548. The highest BCUT2D eigenvalue weighted by Crippen LogP contribution is 2.34. The number of carbonyl (C=O) groups is 2. The standard InChI is InChI=1S/C28H36F3N5O2/c1-20-25(21(2)33-19-32-20)26(38)34-15-11-27(3,12-16-34)35-13-9-23(10-14-35)36(24(37)17-28(29,30)31)18-22-7-5-4-6-8-22/h4-8,19,23H,9-18H2,1-3H3. The van der Waals surface area contributed by atoms with Crippen LogP contribution < -0.4 is 0 Å². The summed E-state index contributed by atoms with van der Waals surface area (Å²) in [5.41, 5.74) is 2.64. The van der Waals surface area contributed by atoms with Crippen molar-refractivity contribution >= 4 is 11.8 Å². The molecule has 0 saturated carbocycles. The van der Waals surface area contributed by atoms with Gasteiger partial charge in [0.05, 0.1) is 17.0 Å². The van der Waals surface area contributed by atoms with E-state index in [0.29, 0.717) is 56.0 Å². The third-order valence-corrected chi connectivity index (χ3v) is 8.10. The number of alkyl halides is 3. The Hall–Kier alpha value is -3.01. The van der Waals surface area contributed by atoms with E-state index < -0.39 is 18.5 Å². The van der Waals surface area contributed by atoms with E-state index in [1.165, 1.54) is 11.2 Å². The molecule has 2 saturated heterocycles. The number of hydrogen-bond donors (Lipinski definition) is 0. The molecule has 2 amide bonds. The van der Waals surface area contributed by atoms with Gasteiger partial charge in [-0.2, -0.15) is 13.2 Å². The van der Waals surface area contributed by atoms with E-state index in [4.69, 9.17) is 0 Å². The van der Waals surface area contributed by atoms with E-state index in [1.54, 1.807) is 0 Å². The number of halogens is 3. The SMILES string of the molecule is Cc1ncnc(C)c1C(=O)N1CCC(C)(N2CCC(N(Cc3ccccc3)C(=O)CC(F)(F)F)CC2)CC1. The second-order valence-corrected chi connectivity index (χ2v) is 10.7. The molecule has 0 atom stereocenters. The van der Waals surface area contributed by atoms with Crippen LogP contribution in [0.15, 0.2) is 36.7 Å². The van der Waals surface area contributed by atoms with Crippen molar-refractivity contribution in [3.8, 4) is 0 Å². The van der Waals surface area contributed by atoms with Crippen LogP contribution in [0.1, 0.15) is 66.3 Å². The van der Waals surface area contributed by atoms with Crippen molar-refractivity contribution in [3.63, 3.8) is 0 Å². The van der Waals surface area contributed by atoms with Crippen molar-refractivity contribution in [2.45, 2.75) is 77.2 Å². The number of likely N-dealkylation sites (tertiary alicyclic amines) is 2. The van der Waals surface area contributed by atoms with Gasteiger partial charge in [-0.25, -0.2) is 9.97 Å². The van der Waals surface area contributed by atoms with Gasteiger partial charge in [0.2, 0.25) is 5.91 Å². The Balaban J connectivity index is 1.37. The van der Waals surface area contributed by atoms with Gasteiger partial charge in [0.15, 0.2) is 0 Å². The molecule has 0 radical (unpaired) electrons. The summed E-state index contributed by atoms with van der Waals surface area (Å²) >= 11 is 0. The van der Waals surface area contributed by atoms with Crippen LogP contribution in [0.25, 0.3) is 0 Å². The largest absolute Gasteiger partial charge is 0.397 e. The van der Waals surface area contributed by atoms with Crippen molar-refractivity contribution in [1.29, 1.82) is 0 Å². The molecule has 10 heteroatoms. The van der Waals surface area contributed by atoms with Crippen LogP contribution in [-0.2, 0) is 11.3 Å². The Morgan fingerprint density at radius 3 is 2.13 bits per heavy atom. The molecule has 0 N–H and O–H groups in total. The highest BCUT2D eigenvalue weighted by atomic mass is 19.4. The van der Waals surface area contributed by atoms with E-state index >= 15 is 0 Å². The summed E-state index contributed by atoms with van der Waals surface area (Å²) in [4.78, 5) is 39.9. The van der Waals surface area contributed by atoms with Crippen molar-refractivity contribution < 1.29 is 22.8 Å². The smallest absolute Gasteiger partial charge is 0.338 e. The van der Waals surface area contributed by atoms with Crippen LogP contribution in [-0.4, -0.2) is 80.4 Å². The maximum absolute atomic E-state index is 13.2. The molecular weight excluding hydrogens is 495 g/mol.